The van der Waals surface area contributed by atoms with Gasteiger partial charge in [-0.1, -0.05) is 13.8 Å². The van der Waals surface area contributed by atoms with Crippen molar-refractivity contribution in [1.82, 2.24) is 15.5 Å². The fourth-order valence-electron chi connectivity index (χ4n) is 1.45. The molecule has 2 amide bonds. The predicted molar refractivity (Wildman–Crippen MR) is 62.9 cm³/mol. The van der Waals surface area contributed by atoms with Crippen molar-refractivity contribution in [3.8, 4) is 0 Å². The first-order chi connectivity index (χ1) is 7.47. The SMILES string of the molecule is CC(C)CN1C(N)=C(NC=O)C(=O)NC1S. The van der Waals surface area contributed by atoms with Gasteiger partial charge in [-0.2, -0.15) is 0 Å². The van der Waals surface area contributed by atoms with E-state index in [1.807, 2.05) is 13.8 Å². The standard InChI is InChI=1S/C9H16N4O2S/c1-5(2)3-13-7(10)6(11-4-14)8(15)12-9(13)16/h4-5,9,16H,3,10H2,1-2H3,(H,11,14)(H,12,15). The van der Waals surface area contributed by atoms with E-state index in [1.54, 1.807) is 4.90 Å². The van der Waals surface area contributed by atoms with Crippen molar-refractivity contribution in [3.05, 3.63) is 11.5 Å². The van der Waals surface area contributed by atoms with E-state index in [9.17, 15) is 9.59 Å². The van der Waals surface area contributed by atoms with Crippen LogP contribution >= 0.6 is 12.6 Å². The Balaban J connectivity index is 2.97. The molecule has 0 fully saturated rings. The van der Waals surface area contributed by atoms with Gasteiger partial charge in [-0.15, -0.1) is 12.6 Å². The van der Waals surface area contributed by atoms with Crippen LogP contribution in [0.3, 0.4) is 0 Å². The lowest BCUT2D eigenvalue weighted by molar-refractivity contribution is -0.121. The number of hydrogen-bond acceptors (Lipinski definition) is 5. The van der Waals surface area contributed by atoms with Crippen molar-refractivity contribution in [2.75, 3.05) is 6.54 Å². The van der Waals surface area contributed by atoms with E-state index in [2.05, 4.69) is 23.3 Å². The molecule has 0 aliphatic carbocycles. The van der Waals surface area contributed by atoms with Gasteiger partial charge < -0.3 is 21.3 Å². The van der Waals surface area contributed by atoms with Gasteiger partial charge in [0.1, 0.15) is 17.0 Å². The van der Waals surface area contributed by atoms with E-state index in [4.69, 9.17) is 5.73 Å². The van der Waals surface area contributed by atoms with Crippen LogP contribution in [0.5, 0.6) is 0 Å². The number of amides is 2. The summed E-state index contributed by atoms with van der Waals surface area (Å²) in [6.45, 7) is 4.69. The second-order valence-electron chi connectivity index (χ2n) is 3.92. The number of nitrogens with zero attached hydrogens (tertiary/aromatic N) is 1. The molecule has 0 saturated heterocycles. The van der Waals surface area contributed by atoms with Crippen LogP contribution in [0.2, 0.25) is 0 Å². The van der Waals surface area contributed by atoms with Crippen molar-refractivity contribution >= 4 is 24.9 Å². The third kappa shape index (κ3) is 2.60. The lowest BCUT2D eigenvalue weighted by atomic mass is 10.2. The average molecular weight is 244 g/mol. The van der Waals surface area contributed by atoms with E-state index >= 15 is 0 Å². The zero-order chi connectivity index (χ0) is 12.3. The van der Waals surface area contributed by atoms with Crippen molar-refractivity contribution in [3.63, 3.8) is 0 Å². The third-order valence-electron chi connectivity index (χ3n) is 2.11. The van der Waals surface area contributed by atoms with E-state index < -0.39 is 11.4 Å². The van der Waals surface area contributed by atoms with E-state index in [-0.39, 0.29) is 11.5 Å². The number of nitrogens with one attached hydrogen (secondary N) is 2. The largest absolute Gasteiger partial charge is 0.383 e. The van der Waals surface area contributed by atoms with Gasteiger partial charge in [0.15, 0.2) is 0 Å². The maximum Gasteiger partial charge on any atom is 0.273 e. The quantitative estimate of drug-likeness (QED) is 0.384. The van der Waals surface area contributed by atoms with Crippen molar-refractivity contribution in [2.24, 2.45) is 11.7 Å². The molecule has 90 valence electrons. The summed E-state index contributed by atoms with van der Waals surface area (Å²) in [5.74, 6) is 0.176. The Morgan fingerprint density at radius 2 is 2.31 bits per heavy atom. The Morgan fingerprint density at radius 3 is 2.81 bits per heavy atom. The summed E-state index contributed by atoms with van der Waals surface area (Å²) in [5.41, 5.74) is 5.42. The van der Waals surface area contributed by atoms with Gasteiger partial charge in [0.25, 0.3) is 5.91 Å². The molecule has 1 atom stereocenters. The molecule has 0 spiro atoms. The van der Waals surface area contributed by atoms with Crippen LogP contribution in [0.25, 0.3) is 0 Å². The summed E-state index contributed by atoms with van der Waals surface area (Å²) in [5, 5.41) is 4.89. The molecule has 1 heterocycles. The molecule has 1 aliphatic rings. The third-order valence-corrected chi connectivity index (χ3v) is 2.52. The molecule has 7 heteroatoms. The number of thiol groups is 1. The Labute approximate surface area is 99.6 Å². The zero-order valence-corrected chi connectivity index (χ0v) is 10.1. The topological polar surface area (TPSA) is 87.5 Å². The second-order valence-corrected chi connectivity index (χ2v) is 4.40. The van der Waals surface area contributed by atoms with Gasteiger partial charge in [0, 0.05) is 6.54 Å². The summed E-state index contributed by atoms with van der Waals surface area (Å²) in [6.07, 6.45) is 0.425. The molecule has 0 saturated carbocycles. The minimum Gasteiger partial charge on any atom is -0.383 e. The molecule has 0 bridgehead atoms. The number of hydrogen-bond donors (Lipinski definition) is 4. The number of carbonyl (C=O) groups excluding carboxylic acids is 2. The summed E-state index contributed by atoms with van der Waals surface area (Å²) in [7, 11) is 0. The predicted octanol–water partition coefficient (Wildman–Crippen LogP) is -0.839. The Morgan fingerprint density at radius 1 is 1.69 bits per heavy atom. The first kappa shape index (κ1) is 12.7. The van der Waals surface area contributed by atoms with Gasteiger partial charge in [-0.25, -0.2) is 0 Å². The van der Waals surface area contributed by atoms with Crippen LogP contribution in [0.4, 0.5) is 0 Å². The lowest BCUT2D eigenvalue weighted by Crippen LogP contribution is -2.55. The highest BCUT2D eigenvalue weighted by Crippen LogP contribution is 2.17. The lowest BCUT2D eigenvalue weighted by Gasteiger charge is -2.36. The minimum absolute atomic E-state index is 0.0703. The summed E-state index contributed by atoms with van der Waals surface area (Å²) in [6, 6.07) is 0. The van der Waals surface area contributed by atoms with Crippen LogP contribution in [-0.2, 0) is 9.59 Å². The monoisotopic (exact) mass is 244 g/mol. The molecule has 0 aromatic heterocycles. The molecule has 6 nitrogen and oxygen atoms in total. The second kappa shape index (κ2) is 5.11. The summed E-state index contributed by atoms with van der Waals surface area (Å²) in [4.78, 5) is 23.6. The molecular weight excluding hydrogens is 228 g/mol. The molecule has 0 aromatic carbocycles. The van der Waals surface area contributed by atoms with Gasteiger partial charge in [-0.05, 0) is 5.92 Å². The normalized spacial score (nSPS) is 21.1. The van der Waals surface area contributed by atoms with E-state index in [0.29, 0.717) is 18.9 Å². The van der Waals surface area contributed by atoms with Crippen LogP contribution in [0, 0.1) is 5.92 Å². The highest BCUT2D eigenvalue weighted by Gasteiger charge is 2.29. The van der Waals surface area contributed by atoms with Crippen LogP contribution < -0.4 is 16.4 Å². The molecular formula is C9H16N4O2S. The zero-order valence-electron chi connectivity index (χ0n) is 9.23. The first-order valence-corrected chi connectivity index (χ1v) is 5.44. The highest BCUT2D eigenvalue weighted by molar-refractivity contribution is 7.80. The molecule has 1 rings (SSSR count). The first-order valence-electron chi connectivity index (χ1n) is 4.93. The highest BCUT2D eigenvalue weighted by atomic mass is 32.1. The maximum atomic E-state index is 11.5. The molecule has 1 aliphatic heterocycles. The average Bonchev–Trinajstić information content (AvgIpc) is 2.19. The van der Waals surface area contributed by atoms with E-state index in [1.165, 1.54) is 0 Å². The fourth-order valence-corrected chi connectivity index (χ4v) is 1.78. The van der Waals surface area contributed by atoms with Crippen LogP contribution in [0.1, 0.15) is 13.8 Å². The molecule has 0 radical (unpaired) electrons. The fraction of sp³-hybridized carbons (Fsp3) is 0.556. The summed E-state index contributed by atoms with van der Waals surface area (Å²) < 4.78 is 0. The smallest absolute Gasteiger partial charge is 0.273 e. The van der Waals surface area contributed by atoms with Gasteiger partial charge in [0.2, 0.25) is 6.41 Å². The number of carbonyl (C=O) groups is 2. The van der Waals surface area contributed by atoms with Gasteiger partial charge in [0.05, 0.1) is 0 Å². The van der Waals surface area contributed by atoms with Gasteiger partial charge >= 0.3 is 0 Å². The maximum absolute atomic E-state index is 11.5. The van der Waals surface area contributed by atoms with Crippen molar-refractivity contribution in [1.29, 1.82) is 0 Å². The van der Waals surface area contributed by atoms with Crippen molar-refractivity contribution in [2.45, 2.75) is 19.3 Å². The molecule has 16 heavy (non-hydrogen) atoms. The van der Waals surface area contributed by atoms with E-state index in [0.717, 1.165) is 0 Å². The van der Waals surface area contributed by atoms with Crippen LogP contribution in [-0.4, -0.2) is 29.3 Å². The number of rotatable bonds is 4. The molecule has 4 N–H and O–H groups in total. The van der Waals surface area contributed by atoms with Crippen molar-refractivity contribution < 1.29 is 9.59 Å². The number of nitrogens with two attached hydrogens (primary N) is 1. The Kier molecular flexibility index (Phi) is 4.05. The Hall–Kier alpha value is -1.37. The molecule has 0 aromatic rings. The molecule has 1 unspecified atom stereocenters. The minimum atomic E-state index is -0.466. The van der Waals surface area contributed by atoms with Gasteiger partial charge in [-0.3, -0.25) is 9.59 Å². The van der Waals surface area contributed by atoms with Crippen LogP contribution in [0.15, 0.2) is 11.5 Å². The summed E-state index contributed by atoms with van der Waals surface area (Å²) >= 11 is 4.22. The Bertz CT molecular complexity index is 329.